The van der Waals surface area contributed by atoms with Crippen molar-refractivity contribution >= 4 is 5.91 Å². The van der Waals surface area contributed by atoms with Crippen LogP contribution < -0.4 is 5.32 Å². The normalized spacial score (nSPS) is 15.8. The van der Waals surface area contributed by atoms with Crippen molar-refractivity contribution in [3.63, 3.8) is 0 Å². The zero-order valence-corrected chi connectivity index (χ0v) is 8.34. The van der Waals surface area contributed by atoms with E-state index in [-0.39, 0.29) is 5.91 Å². The highest BCUT2D eigenvalue weighted by Crippen LogP contribution is 2.33. The second-order valence-corrected chi connectivity index (χ2v) is 3.62. The summed E-state index contributed by atoms with van der Waals surface area (Å²) < 4.78 is 5.32. The van der Waals surface area contributed by atoms with Crippen molar-refractivity contribution in [2.75, 3.05) is 20.3 Å². The minimum Gasteiger partial charge on any atom is -0.381 e. The smallest absolute Gasteiger partial charge is 0.222 e. The van der Waals surface area contributed by atoms with Gasteiger partial charge in [0.05, 0.1) is 6.61 Å². The molecule has 0 saturated heterocycles. The van der Waals surface area contributed by atoms with Crippen LogP contribution in [-0.2, 0) is 9.53 Å². The summed E-state index contributed by atoms with van der Waals surface area (Å²) >= 11 is 0. The molecule has 3 heteroatoms. The van der Waals surface area contributed by atoms with Crippen LogP contribution in [0.25, 0.3) is 0 Å². The Morgan fingerprint density at radius 1 is 1.46 bits per heavy atom. The van der Waals surface area contributed by atoms with Gasteiger partial charge in [-0.15, -0.1) is 0 Å². The molecule has 1 aliphatic rings. The third-order valence-electron chi connectivity index (χ3n) is 2.35. The Balaban J connectivity index is 1.75. The van der Waals surface area contributed by atoms with Crippen LogP contribution in [0.3, 0.4) is 0 Å². The van der Waals surface area contributed by atoms with Gasteiger partial charge < -0.3 is 10.1 Å². The molecule has 0 spiro atoms. The van der Waals surface area contributed by atoms with Crippen molar-refractivity contribution in [2.45, 2.75) is 32.1 Å². The summed E-state index contributed by atoms with van der Waals surface area (Å²) in [6.07, 6.45) is 5.77. The van der Waals surface area contributed by atoms with Crippen LogP contribution in [0.4, 0.5) is 0 Å². The van der Waals surface area contributed by atoms with Gasteiger partial charge in [0.1, 0.15) is 0 Å². The van der Waals surface area contributed by atoms with E-state index in [9.17, 15) is 4.79 Å². The molecule has 1 saturated carbocycles. The minimum absolute atomic E-state index is 0.0576. The van der Waals surface area contributed by atoms with Crippen molar-refractivity contribution in [2.24, 2.45) is 5.92 Å². The van der Waals surface area contributed by atoms with Gasteiger partial charge in [-0.3, -0.25) is 4.79 Å². The Kier molecular flexibility index (Phi) is 4.83. The fraction of sp³-hybridized carbons (Fsp3) is 0.900. The van der Waals surface area contributed by atoms with Crippen molar-refractivity contribution in [3.8, 4) is 0 Å². The molecular formula is C10H19NO2. The van der Waals surface area contributed by atoms with E-state index in [4.69, 9.17) is 4.74 Å². The van der Waals surface area contributed by atoms with E-state index in [1.165, 1.54) is 19.3 Å². The molecule has 0 atom stereocenters. The predicted octanol–water partition coefficient (Wildman–Crippen LogP) is 1.33. The summed E-state index contributed by atoms with van der Waals surface area (Å²) in [5.74, 6) is 1.05. The molecule has 76 valence electrons. The molecule has 0 aromatic heterocycles. The number of ether oxygens (including phenoxy) is 1. The molecule has 0 bridgehead atoms. The first-order chi connectivity index (χ1) is 6.33. The van der Waals surface area contributed by atoms with Gasteiger partial charge in [-0.1, -0.05) is 12.8 Å². The van der Waals surface area contributed by atoms with Crippen molar-refractivity contribution < 1.29 is 9.53 Å². The predicted molar refractivity (Wildman–Crippen MR) is 51.5 cm³/mol. The summed E-state index contributed by atoms with van der Waals surface area (Å²) in [5, 5.41) is 2.57. The maximum Gasteiger partial charge on any atom is 0.222 e. The maximum absolute atomic E-state index is 10.8. The first kappa shape index (κ1) is 10.5. The lowest BCUT2D eigenvalue weighted by Crippen LogP contribution is -2.19. The van der Waals surface area contributed by atoms with E-state index < -0.39 is 0 Å². The van der Waals surface area contributed by atoms with Crippen LogP contribution in [0.5, 0.6) is 0 Å². The molecule has 1 aliphatic carbocycles. The second-order valence-electron chi connectivity index (χ2n) is 3.62. The lowest BCUT2D eigenvalue weighted by molar-refractivity contribution is -0.121. The molecular weight excluding hydrogens is 166 g/mol. The highest BCUT2D eigenvalue weighted by atomic mass is 16.5. The van der Waals surface area contributed by atoms with Crippen LogP contribution in [0.1, 0.15) is 32.1 Å². The topological polar surface area (TPSA) is 38.3 Å². The van der Waals surface area contributed by atoms with Gasteiger partial charge in [-0.25, -0.2) is 0 Å². The Morgan fingerprint density at radius 3 is 2.85 bits per heavy atom. The van der Waals surface area contributed by atoms with Crippen LogP contribution in [0.2, 0.25) is 0 Å². The highest BCUT2D eigenvalue weighted by Gasteiger charge is 2.19. The summed E-state index contributed by atoms with van der Waals surface area (Å²) in [7, 11) is 1.65. The van der Waals surface area contributed by atoms with Gasteiger partial charge >= 0.3 is 0 Å². The van der Waals surface area contributed by atoms with Gasteiger partial charge in [-0.2, -0.15) is 0 Å². The van der Waals surface area contributed by atoms with Crippen molar-refractivity contribution in [3.05, 3.63) is 0 Å². The molecule has 1 amide bonds. The van der Waals surface area contributed by atoms with Crippen molar-refractivity contribution in [1.29, 1.82) is 0 Å². The van der Waals surface area contributed by atoms with E-state index in [2.05, 4.69) is 5.32 Å². The molecule has 0 aromatic carbocycles. The quantitative estimate of drug-likeness (QED) is 0.608. The number of rotatable bonds is 7. The molecule has 0 unspecified atom stereocenters. The number of nitrogens with one attached hydrogen (secondary N) is 1. The number of hydrogen-bond donors (Lipinski definition) is 1. The molecule has 0 heterocycles. The largest absolute Gasteiger partial charge is 0.381 e. The SMILES string of the molecule is CNC(=O)CCOCCCC1CC1. The molecule has 3 nitrogen and oxygen atoms in total. The molecule has 1 rings (SSSR count). The van der Waals surface area contributed by atoms with Gasteiger partial charge in [0.15, 0.2) is 0 Å². The Bertz CT molecular complexity index is 155. The molecule has 0 radical (unpaired) electrons. The van der Waals surface area contributed by atoms with Gasteiger partial charge in [0.25, 0.3) is 0 Å². The number of carbonyl (C=O) groups is 1. The van der Waals surface area contributed by atoms with Gasteiger partial charge in [0.2, 0.25) is 5.91 Å². The molecule has 0 aliphatic heterocycles. The maximum atomic E-state index is 10.8. The average molecular weight is 185 g/mol. The minimum atomic E-state index is 0.0576. The first-order valence-electron chi connectivity index (χ1n) is 5.11. The molecule has 1 fully saturated rings. The number of carbonyl (C=O) groups excluding carboxylic acids is 1. The van der Waals surface area contributed by atoms with E-state index in [1.54, 1.807) is 7.05 Å². The van der Waals surface area contributed by atoms with Crippen LogP contribution >= 0.6 is 0 Å². The Labute approximate surface area is 79.8 Å². The van der Waals surface area contributed by atoms with E-state index in [1.807, 2.05) is 0 Å². The highest BCUT2D eigenvalue weighted by molar-refractivity contribution is 5.75. The van der Waals surface area contributed by atoms with Crippen LogP contribution in [0, 0.1) is 5.92 Å². The summed E-state index contributed by atoms with van der Waals surface area (Å²) in [5.41, 5.74) is 0. The molecule has 0 aromatic rings. The fourth-order valence-corrected chi connectivity index (χ4v) is 1.27. The zero-order chi connectivity index (χ0) is 9.52. The summed E-state index contributed by atoms with van der Waals surface area (Å²) in [4.78, 5) is 10.8. The monoisotopic (exact) mass is 185 g/mol. The second kappa shape index (κ2) is 5.97. The lowest BCUT2D eigenvalue weighted by atomic mass is 10.2. The Morgan fingerprint density at radius 2 is 2.23 bits per heavy atom. The molecule has 1 N–H and O–H groups in total. The average Bonchev–Trinajstić information content (AvgIpc) is 2.94. The first-order valence-corrected chi connectivity index (χ1v) is 5.11. The molecule has 13 heavy (non-hydrogen) atoms. The number of amides is 1. The van der Waals surface area contributed by atoms with Gasteiger partial charge in [0, 0.05) is 20.1 Å². The Hall–Kier alpha value is -0.570. The van der Waals surface area contributed by atoms with E-state index in [0.717, 1.165) is 18.9 Å². The van der Waals surface area contributed by atoms with E-state index >= 15 is 0 Å². The van der Waals surface area contributed by atoms with E-state index in [0.29, 0.717) is 13.0 Å². The van der Waals surface area contributed by atoms with Crippen LogP contribution in [0.15, 0.2) is 0 Å². The lowest BCUT2D eigenvalue weighted by Gasteiger charge is -2.02. The summed E-state index contributed by atoms with van der Waals surface area (Å²) in [6.45, 7) is 1.37. The van der Waals surface area contributed by atoms with Gasteiger partial charge in [-0.05, 0) is 18.8 Å². The number of hydrogen-bond acceptors (Lipinski definition) is 2. The fourth-order valence-electron chi connectivity index (χ4n) is 1.27. The summed E-state index contributed by atoms with van der Waals surface area (Å²) in [6, 6.07) is 0. The standard InChI is InChI=1S/C10H19NO2/c1-11-10(12)6-8-13-7-2-3-9-4-5-9/h9H,2-8H2,1H3,(H,11,12). The van der Waals surface area contributed by atoms with Crippen LogP contribution in [-0.4, -0.2) is 26.2 Å². The third-order valence-corrected chi connectivity index (χ3v) is 2.35. The van der Waals surface area contributed by atoms with Crippen molar-refractivity contribution in [1.82, 2.24) is 5.32 Å². The zero-order valence-electron chi connectivity index (χ0n) is 8.34. The third kappa shape index (κ3) is 5.64.